The van der Waals surface area contributed by atoms with Crippen LogP contribution in [0.25, 0.3) is 0 Å². The molecular formula is C10H15ClO3. The number of methoxy groups -OCH3 is 1. The number of ketones is 1. The third-order valence-electron chi connectivity index (χ3n) is 2.82. The lowest BCUT2D eigenvalue weighted by atomic mass is 9.77. The van der Waals surface area contributed by atoms with E-state index in [0.717, 1.165) is 25.7 Å². The van der Waals surface area contributed by atoms with Crippen LogP contribution in [0.15, 0.2) is 0 Å². The summed E-state index contributed by atoms with van der Waals surface area (Å²) in [6.45, 7) is 0. The molecule has 0 aliphatic heterocycles. The van der Waals surface area contributed by atoms with Gasteiger partial charge in [-0.3, -0.25) is 9.59 Å². The van der Waals surface area contributed by atoms with Gasteiger partial charge in [-0.25, -0.2) is 0 Å². The first-order chi connectivity index (χ1) is 6.70. The van der Waals surface area contributed by atoms with Crippen LogP contribution in [0.2, 0.25) is 0 Å². The van der Waals surface area contributed by atoms with E-state index in [9.17, 15) is 9.59 Å². The van der Waals surface area contributed by atoms with Gasteiger partial charge < -0.3 is 4.74 Å². The number of alkyl halides is 1. The van der Waals surface area contributed by atoms with E-state index in [0.29, 0.717) is 0 Å². The predicted octanol–water partition coefficient (Wildman–Crippen LogP) is 1.77. The number of ether oxygens (including phenoxy) is 1. The maximum Gasteiger partial charge on any atom is 0.309 e. The van der Waals surface area contributed by atoms with Crippen LogP contribution in [-0.2, 0) is 14.3 Å². The SMILES string of the molecule is COC(=O)[C@H]1CCCC[C@H]1C(=O)CCl. The zero-order valence-corrected chi connectivity index (χ0v) is 9.05. The highest BCUT2D eigenvalue weighted by Crippen LogP contribution is 2.31. The van der Waals surface area contributed by atoms with Crippen molar-refractivity contribution >= 4 is 23.4 Å². The summed E-state index contributed by atoms with van der Waals surface area (Å²) in [5, 5.41) is 0. The van der Waals surface area contributed by atoms with Crippen molar-refractivity contribution in [3.63, 3.8) is 0 Å². The van der Waals surface area contributed by atoms with Crippen LogP contribution >= 0.6 is 11.6 Å². The van der Waals surface area contributed by atoms with E-state index < -0.39 is 0 Å². The zero-order chi connectivity index (χ0) is 10.6. The third-order valence-corrected chi connectivity index (χ3v) is 3.08. The van der Waals surface area contributed by atoms with Gasteiger partial charge in [-0.15, -0.1) is 11.6 Å². The second-order valence-corrected chi connectivity index (χ2v) is 3.89. The van der Waals surface area contributed by atoms with Crippen LogP contribution in [0, 0.1) is 11.8 Å². The van der Waals surface area contributed by atoms with Gasteiger partial charge in [-0.05, 0) is 12.8 Å². The Hall–Kier alpha value is -0.570. The van der Waals surface area contributed by atoms with Gasteiger partial charge in [0.15, 0.2) is 5.78 Å². The van der Waals surface area contributed by atoms with Crippen molar-refractivity contribution in [2.24, 2.45) is 11.8 Å². The summed E-state index contributed by atoms with van der Waals surface area (Å²) in [6.07, 6.45) is 3.51. The van der Waals surface area contributed by atoms with Gasteiger partial charge >= 0.3 is 5.97 Å². The number of hydrogen-bond donors (Lipinski definition) is 0. The Balaban J connectivity index is 2.68. The Labute approximate surface area is 88.8 Å². The summed E-state index contributed by atoms with van der Waals surface area (Å²) in [5.74, 6) is -0.776. The van der Waals surface area contributed by atoms with Crippen molar-refractivity contribution in [2.75, 3.05) is 13.0 Å². The summed E-state index contributed by atoms with van der Waals surface area (Å²) in [5.41, 5.74) is 0. The van der Waals surface area contributed by atoms with Crippen LogP contribution in [-0.4, -0.2) is 24.7 Å². The van der Waals surface area contributed by atoms with Gasteiger partial charge in [0.05, 0.1) is 18.9 Å². The molecule has 0 saturated heterocycles. The second-order valence-electron chi connectivity index (χ2n) is 3.62. The Bertz CT molecular complexity index is 203. The smallest absolute Gasteiger partial charge is 0.309 e. The van der Waals surface area contributed by atoms with Crippen molar-refractivity contribution in [2.45, 2.75) is 25.7 Å². The molecular weight excluding hydrogens is 204 g/mol. The van der Waals surface area contributed by atoms with Crippen molar-refractivity contribution in [1.29, 1.82) is 0 Å². The number of hydrogen-bond acceptors (Lipinski definition) is 3. The van der Waals surface area contributed by atoms with Crippen molar-refractivity contribution in [3.8, 4) is 0 Å². The van der Waals surface area contributed by atoms with E-state index in [-0.39, 0.29) is 29.5 Å². The lowest BCUT2D eigenvalue weighted by molar-refractivity contribution is -0.151. The summed E-state index contributed by atoms with van der Waals surface area (Å²) in [6, 6.07) is 0. The first-order valence-electron chi connectivity index (χ1n) is 4.87. The molecule has 0 unspecified atom stereocenters. The van der Waals surface area contributed by atoms with Crippen LogP contribution in [0.4, 0.5) is 0 Å². The van der Waals surface area contributed by atoms with E-state index in [1.165, 1.54) is 7.11 Å². The molecule has 1 aliphatic rings. The Morgan fingerprint density at radius 3 is 2.36 bits per heavy atom. The number of carbonyl (C=O) groups excluding carboxylic acids is 2. The summed E-state index contributed by atoms with van der Waals surface area (Å²) >= 11 is 5.50. The predicted molar refractivity (Wildman–Crippen MR) is 53.2 cm³/mol. The zero-order valence-electron chi connectivity index (χ0n) is 8.29. The lowest BCUT2D eigenvalue weighted by Gasteiger charge is -2.27. The van der Waals surface area contributed by atoms with Gasteiger partial charge in [0, 0.05) is 5.92 Å². The highest BCUT2D eigenvalue weighted by molar-refractivity contribution is 6.28. The first-order valence-corrected chi connectivity index (χ1v) is 5.40. The average Bonchev–Trinajstić information content (AvgIpc) is 2.27. The van der Waals surface area contributed by atoms with Crippen molar-refractivity contribution in [1.82, 2.24) is 0 Å². The fourth-order valence-corrected chi connectivity index (χ4v) is 2.25. The van der Waals surface area contributed by atoms with E-state index in [2.05, 4.69) is 4.74 Å². The number of Topliss-reactive ketones (excluding diaryl/α,β-unsaturated/α-hetero) is 1. The largest absolute Gasteiger partial charge is 0.469 e. The van der Waals surface area contributed by atoms with E-state index in [1.54, 1.807) is 0 Å². The molecule has 0 spiro atoms. The Morgan fingerprint density at radius 1 is 1.29 bits per heavy atom. The summed E-state index contributed by atoms with van der Waals surface area (Å²) in [7, 11) is 1.36. The molecule has 0 amide bonds. The highest BCUT2D eigenvalue weighted by Gasteiger charge is 2.35. The normalized spacial score (nSPS) is 27.0. The lowest BCUT2D eigenvalue weighted by Crippen LogP contribution is -2.34. The third kappa shape index (κ3) is 2.47. The van der Waals surface area contributed by atoms with Crippen LogP contribution < -0.4 is 0 Å². The molecule has 0 aromatic rings. The van der Waals surface area contributed by atoms with Gasteiger partial charge in [-0.2, -0.15) is 0 Å². The molecule has 0 bridgehead atoms. The van der Waals surface area contributed by atoms with Crippen LogP contribution in [0.5, 0.6) is 0 Å². The molecule has 1 saturated carbocycles. The molecule has 3 nitrogen and oxygen atoms in total. The average molecular weight is 219 g/mol. The molecule has 1 aliphatic carbocycles. The molecule has 0 aromatic carbocycles. The highest BCUT2D eigenvalue weighted by atomic mass is 35.5. The van der Waals surface area contributed by atoms with Gasteiger partial charge in [0.2, 0.25) is 0 Å². The van der Waals surface area contributed by atoms with Crippen molar-refractivity contribution < 1.29 is 14.3 Å². The molecule has 0 radical (unpaired) electrons. The molecule has 1 fully saturated rings. The van der Waals surface area contributed by atoms with Crippen LogP contribution in [0.1, 0.15) is 25.7 Å². The van der Waals surface area contributed by atoms with Gasteiger partial charge in [0.25, 0.3) is 0 Å². The number of halogens is 1. The monoisotopic (exact) mass is 218 g/mol. The molecule has 14 heavy (non-hydrogen) atoms. The minimum atomic E-state index is -0.270. The molecule has 0 heterocycles. The first kappa shape index (κ1) is 11.5. The minimum Gasteiger partial charge on any atom is -0.469 e. The quantitative estimate of drug-likeness (QED) is 0.536. The fraction of sp³-hybridized carbons (Fsp3) is 0.800. The number of carbonyl (C=O) groups is 2. The van der Waals surface area contributed by atoms with E-state index >= 15 is 0 Å². The molecule has 0 N–H and O–H groups in total. The number of rotatable bonds is 3. The number of esters is 1. The fourth-order valence-electron chi connectivity index (χ4n) is 2.05. The standard InChI is InChI=1S/C10H15ClO3/c1-14-10(13)8-5-3-2-4-7(8)9(12)6-11/h7-8H,2-6H2,1H3/t7-,8+/m1/s1. The minimum absolute atomic E-state index is 0.00182. The molecule has 1 rings (SSSR count). The Morgan fingerprint density at radius 2 is 1.86 bits per heavy atom. The molecule has 80 valence electrons. The van der Waals surface area contributed by atoms with E-state index in [1.807, 2.05) is 0 Å². The Kier molecular flexibility index (Phi) is 4.39. The second kappa shape index (κ2) is 5.35. The topological polar surface area (TPSA) is 43.4 Å². The summed E-state index contributed by atoms with van der Waals surface area (Å²) in [4.78, 5) is 22.8. The van der Waals surface area contributed by atoms with Crippen LogP contribution in [0.3, 0.4) is 0 Å². The van der Waals surface area contributed by atoms with Gasteiger partial charge in [-0.1, -0.05) is 12.8 Å². The molecule has 0 aromatic heterocycles. The van der Waals surface area contributed by atoms with Gasteiger partial charge in [0.1, 0.15) is 0 Å². The molecule has 4 heteroatoms. The summed E-state index contributed by atoms with van der Waals surface area (Å²) < 4.78 is 4.68. The molecule has 2 atom stereocenters. The maximum atomic E-state index is 11.5. The maximum absolute atomic E-state index is 11.5. The van der Waals surface area contributed by atoms with E-state index in [4.69, 9.17) is 11.6 Å². The van der Waals surface area contributed by atoms with Crippen molar-refractivity contribution in [3.05, 3.63) is 0 Å².